The molecule has 0 aliphatic rings. The van der Waals surface area contributed by atoms with E-state index in [2.05, 4.69) is 6.07 Å². The Labute approximate surface area is 181 Å². The minimum absolute atomic E-state index is 0.0102. The fourth-order valence-corrected chi connectivity index (χ4v) is 3.64. The SMILES string of the molecule is CN(C(=O)Cc1ccccc1)c1ccc2c(c1)nc(C(N)c1ccc(C#N)cc1)n2C. The predicted molar refractivity (Wildman–Crippen MR) is 121 cm³/mol. The van der Waals surface area contributed by atoms with E-state index in [1.54, 1.807) is 24.1 Å². The van der Waals surface area contributed by atoms with Crippen LogP contribution < -0.4 is 10.6 Å². The number of hydrogen-bond acceptors (Lipinski definition) is 4. The molecule has 0 radical (unpaired) electrons. The zero-order valence-electron chi connectivity index (χ0n) is 17.5. The lowest BCUT2D eigenvalue weighted by molar-refractivity contribution is -0.117. The summed E-state index contributed by atoms with van der Waals surface area (Å²) in [6.45, 7) is 0. The number of nitrogens with two attached hydrogens (primary N) is 1. The van der Waals surface area contributed by atoms with Crippen molar-refractivity contribution >= 4 is 22.6 Å². The summed E-state index contributed by atoms with van der Waals surface area (Å²) in [5.74, 6) is 0.728. The van der Waals surface area contributed by atoms with Crippen molar-refractivity contribution in [2.24, 2.45) is 12.8 Å². The Bertz CT molecular complexity index is 1270. The quantitative estimate of drug-likeness (QED) is 0.544. The van der Waals surface area contributed by atoms with Gasteiger partial charge in [0.1, 0.15) is 5.82 Å². The van der Waals surface area contributed by atoms with Crippen LogP contribution >= 0.6 is 0 Å². The molecule has 1 heterocycles. The van der Waals surface area contributed by atoms with E-state index in [1.807, 2.05) is 72.3 Å². The van der Waals surface area contributed by atoms with Crippen molar-refractivity contribution in [2.45, 2.75) is 12.5 Å². The standard InChI is InChI=1S/C25H23N5O/c1-29(23(31)14-17-6-4-3-5-7-17)20-12-13-22-21(15-20)28-25(30(22)2)24(27)19-10-8-18(16-26)9-11-19/h3-13,15,24H,14,27H2,1-2H3. The molecule has 4 rings (SSSR count). The number of imidazole rings is 1. The molecule has 4 aromatic rings. The second-order valence-electron chi connectivity index (χ2n) is 7.53. The topological polar surface area (TPSA) is 87.9 Å². The molecule has 3 aromatic carbocycles. The lowest BCUT2D eigenvalue weighted by atomic mass is 10.1. The monoisotopic (exact) mass is 409 g/mol. The Morgan fingerprint density at radius 2 is 1.84 bits per heavy atom. The lowest BCUT2D eigenvalue weighted by Crippen LogP contribution is -2.27. The fourth-order valence-electron chi connectivity index (χ4n) is 3.64. The average Bonchev–Trinajstić information content (AvgIpc) is 3.14. The van der Waals surface area contributed by atoms with Gasteiger partial charge in [-0.1, -0.05) is 42.5 Å². The molecule has 1 unspecified atom stereocenters. The number of aromatic nitrogens is 2. The molecular weight excluding hydrogens is 386 g/mol. The van der Waals surface area contributed by atoms with Crippen LogP contribution in [0.1, 0.15) is 28.6 Å². The molecule has 1 aromatic heterocycles. The Kier molecular flexibility index (Phi) is 5.52. The van der Waals surface area contributed by atoms with Crippen LogP contribution in [0.2, 0.25) is 0 Å². The third kappa shape index (κ3) is 4.04. The predicted octanol–water partition coefficient (Wildman–Crippen LogP) is 3.70. The molecule has 0 bridgehead atoms. The second-order valence-corrected chi connectivity index (χ2v) is 7.53. The van der Waals surface area contributed by atoms with Crippen LogP contribution in [0.4, 0.5) is 5.69 Å². The Morgan fingerprint density at radius 3 is 2.52 bits per heavy atom. The van der Waals surface area contributed by atoms with Crippen molar-refractivity contribution in [3.05, 3.63) is 95.3 Å². The molecule has 0 spiro atoms. The molecule has 0 aliphatic heterocycles. The summed E-state index contributed by atoms with van der Waals surface area (Å²) in [5, 5.41) is 8.99. The van der Waals surface area contributed by atoms with Crippen molar-refractivity contribution in [1.82, 2.24) is 9.55 Å². The summed E-state index contributed by atoms with van der Waals surface area (Å²) in [4.78, 5) is 19.1. The van der Waals surface area contributed by atoms with Crippen molar-refractivity contribution < 1.29 is 4.79 Å². The number of carbonyl (C=O) groups excluding carboxylic acids is 1. The first-order valence-corrected chi connectivity index (χ1v) is 10.0. The molecule has 2 N–H and O–H groups in total. The lowest BCUT2D eigenvalue weighted by Gasteiger charge is -2.17. The highest BCUT2D eigenvalue weighted by molar-refractivity contribution is 5.96. The van der Waals surface area contributed by atoms with Gasteiger partial charge in [0, 0.05) is 19.8 Å². The molecule has 1 amide bonds. The van der Waals surface area contributed by atoms with E-state index in [4.69, 9.17) is 16.0 Å². The number of amides is 1. The van der Waals surface area contributed by atoms with Gasteiger partial charge in [0.25, 0.3) is 0 Å². The normalized spacial score (nSPS) is 11.8. The van der Waals surface area contributed by atoms with Crippen LogP contribution in [-0.4, -0.2) is 22.5 Å². The maximum absolute atomic E-state index is 12.7. The molecule has 6 nitrogen and oxygen atoms in total. The summed E-state index contributed by atoms with van der Waals surface area (Å²) in [5.41, 5.74) is 11.4. The number of nitrogens with zero attached hydrogens (tertiary/aromatic N) is 4. The van der Waals surface area contributed by atoms with E-state index < -0.39 is 6.04 Å². The van der Waals surface area contributed by atoms with E-state index in [0.29, 0.717) is 12.0 Å². The maximum atomic E-state index is 12.7. The number of carbonyl (C=O) groups is 1. The number of fused-ring (bicyclic) bond motifs is 1. The second kappa shape index (κ2) is 8.42. The van der Waals surface area contributed by atoms with Gasteiger partial charge in [-0.2, -0.15) is 5.26 Å². The molecule has 6 heteroatoms. The van der Waals surface area contributed by atoms with Gasteiger partial charge >= 0.3 is 0 Å². The van der Waals surface area contributed by atoms with Crippen molar-refractivity contribution in [2.75, 3.05) is 11.9 Å². The summed E-state index contributed by atoms with van der Waals surface area (Å²) in [6.07, 6.45) is 0.340. The average molecular weight is 409 g/mol. The zero-order chi connectivity index (χ0) is 22.0. The number of anilines is 1. The summed E-state index contributed by atoms with van der Waals surface area (Å²) < 4.78 is 1.97. The van der Waals surface area contributed by atoms with Crippen LogP contribution in [0, 0.1) is 11.3 Å². The Morgan fingerprint density at radius 1 is 1.13 bits per heavy atom. The van der Waals surface area contributed by atoms with E-state index in [-0.39, 0.29) is 5.91 Å². The van der Waals surface area contributed by atoms with E-state index in [0.717, 1.165) is 33.7 Å². The number of likely N-dealkylation sites (N-methyl/N-ethyl adjacent to an activating group) is 1. The van der Waals surface area contributed by atoms with Crippen LogP contribution in [0.3, 0.4) is 0 Å². The maximum Gasteiger partial charge on any atom is 0.231 e. The van der Waals surface area contributed by atoms with Gasteiger partial charge in [-0.25, -0.2) is 4.98 Å². The number of benzene rings is 3. The first-order valence-electron chi connectivity index (χ1n) is 10.0. The van der Waals surface area contributed by atoms with Gasteiger partial charge in [-0.05, 0) is 41.5 Å². The summed E-state index contributed by atoms with van der Waals surface area (Å²) >= 11 is 0. The number of hydrogen-bond donors (Lipinski definition) is 1. The zero-order valence-corrected chi connectivity index (χ0v) is 17.5. The van der Waals surface area contributed by atoms with Gasteiger partial charge < -0.3 is 15.2 Å². The number of nitriles is 1. The van der Waals surface area contributed by atoms with Crippen LogP contribution in [0.25, 0.3) is 11.0 Å². The highest BCUT2D eigenvalue weighted by Gasteiger charge is 2.19. The Balaban J connectivity index is 1.61. The van der Waals surface area contributed by atoms with E-state index >= 15 is 0 Å². The number of rotatable bonds is 5. The molecule has 1 atom stereocenters. The first-order chi connectivity index (χ1) is 15.0. The van der Waals surface area contributed by atoms with E-state index in [1.165, 1.54) is 0 Å². The van der Waals surface area contributed by atoms with Crippen LogP contribution in [0.5, 0.6) is 0 Å². The van der Waals surface area contributed by atoms with Crippen LogP contribution in [-0.2, 0) is 18.3 Å². The number of aryl methyl sites for hydroxylation is 1. The van der Waals surface area contributed by atoms with Crippen molar-refractivity contribution in [3.63, 3.8) is 0 Å². The largest absolute Gasteiger partial charge is 0.330 e. The minimum Gasteiger partial charge on any atom is -0.330 e. The molecule has 0 saturated carbocycles. The van der Waals surface area contributed by atoms with E-state index in [9.17, 15) is 4.79 Å². The highest BCUT2D eigenvalue weighted by atomic mass is 16.2. The summed E-state index contributed by atoms with van der Waals surface area (Å²) in [7, 11) is 3.71. The highest BCUT2D eigenvalue weighted by Crippen LogP contribution is 2.26. The van der Waals surface area contributed by atoms with Gasteiger partial charge in [0.05, 0.1) is 35.1 Å². The van der Waals surface area contributed by atoms with Crippen molar-refractivity contribution in [3.8, 4) is 6.07 Å². The fraction of sp³-hybridized carbons (Fsp3) is 0.160. The molecule has 0 saturated heterocycles. The van der Waals surface area contributed by atoms with Crippen molar-refractivity contribution in [1.29, 1.82) is 5.26 Å². The molecular formula is C25H23N5O. The summed E-state index contributed by atoms with van der Waals surface area (Å²) in [6, 6.07) is 24.4. The minimum atomic E-state index is -0.425. The first kappa shape index (κ1) is 20.3. The van der Waals surface area contributed by atoms with Gasteiger partial charge in [0.2, 0.25) is 5.91 Å². The van der Waals surface area contributed by atoms with Gasteiger partial charge in [0.15, 0.2) is 0 Å². The van der Waals surface area contributed by atoms with Gasteiger partial charge in [-0.15, -0.1) is 0 Å². The van der Waals surface area contributed by atoms with Crippen LogP contribution in [0.15, 0.2) is 72.8 Å². The molecule has 0 aliphatic carbocycles. The molecule has 31 heavy (non-hydrogen) atoms. The van der Waals surface area contributed by atoms with Gasteiger partial charge in [-0.3, -0.25) is 4.79 Å². The smallest absolute Gasteiger partial charge is 0.231 e. The third-order valence-corrected chi connectivity index (χ3v) is 5.54. The molecule has 0 fully saturated rings. The third-order valence-electron chi connectivity index (χ3n) is 5.54. The molecule has 154 valence electrons. The Hall–Kier alpha value is -3.95.